The minimum atomic E-state index is -3.78. The van der Waals surface area contributed by atoms with Crippen molar-refractivity contribution >= 4 is 21.6 Å². The molecule has 3 aromatic rings. The zero-order valence-corrected chi connectivity index (χ0v) is 15.0. The minimum absolute atomic E-state index is 0.0271. The van der Waals surface area contributed by atoms with E-state index >= 15 is 0 Å². The molecule has 0 bridgehead atoms. The van der Waals surface area contributed by atoms with Gasteiger partial charge in [-0.25, -0.2) is 22.9 Å². The van der Waals surface area contributed by atoms with Gasteiger partial charge in [0, 0.05) is 12.4 Å². The summed E-state index contributed by atoms with van der Waals surface area (Å²) in [4.78, 5) is 16.5. The molecule has 2 aromatic heterocycles. The average molecular weight is 375 g/mol. The average Bonchev–Trinajstić information content (AvgIpc) is 3.08. The molecule has 0 amide bonds. The second-order valence-electron chi connectivity index (χ2n) is 5.35. The van der Waals surface area contributed by atoms with E-state index in [0.29, 0.717) is 5.69 Å². The highest BCUT2D eigenvalue weighted by Gasteiger charge is 2.20. The fraction of sp³-hybridized carbons (Fsp3) is 0.176. The van der Waals surface area contributed by atoms with E-state index in [2.05, 4.69) is 9.71 Å². The Morgan fingerprint density at radius 3 is 2.77 bits per heavy atom. The SMILES string of the molecule is CNS(=O)(=O)c1cc(C(=O)OCc2cn3ccccc3n2)ccc1OC. The van der Waals surface area contributed by atoms with Crippen molar-refractivity contribution in [2.45, 2.75) is 11.5 Å². The number of fused-ring (bicyclic) bond motifs is 1. The van der Waals surface area contributed by atoms with Gasteiger partial charge in [0.1, 0.15) is 22.9 Å². The van der Waals surface area contributed by atoms with E-state index in [-0.39, 0.29) is 22.8 Å². The minimum Gasteiger partial charge on any atom is -0.495 e. The lowest BCUT2D eigenvalue weighted by Gasteiger charge is -2.10. The van der Waals surface area contributed by atoms with E-state index in [1.54, 1.807) is 6.20 Å². The molecule has 0 aliphatic rings. The number of benzene rings is 1. The Kier molecular flexibility index (Phi) is 4.92. The summed E-state index contributed by atoms with van der Waals surface area (Å²) in [5.41, 5.74) is 1.43. The standard InChI is InChI=1S/C17H17N3O5S/c1-18-26(22,23)15-9-12(6-7-14(15)24-2)17(21)25-11-13-10-20-8-4-3-5-16(20)19-13/h3-10,18H,11H2,1-2H3. The number of nitrogens with one attached hydrogen (secondary N) is 1. The summed E-state index contributed by atoms with van der Waals surface area (Å²) in [7, 11) is -1.15. The second-order valence-corrected chi connectivity index (χ2v) is 7.20. The Bertz CT molecular complexity index is 1030. The van der Waals surface area contributed by atoms with E-state index in [4.69, 9.17) is 9.47 Å². The van der Waals surface area contributed by atoms with Crippen LogP contribution in [0.25, 0.3) is 5.65 Å². The lowest BCUT2D eigenvalue weighted by Crippen LogP contribution is -2.20. The largest absolute Gasteiger partial charge is 0.495 e. The number of pyridine rings is 1. The summed E-state index contributed by atoms with van der Waals surface area (Å²) < 4.78 is 38.5. The number of sulfonamides is 1. The van der Waals surface area contributed by atoms with Crippen LogP contribution in [0.5, 0.6) is 5.75 Å². The topological polar surface area (TPSA) is 99.0 Å². The number of carbonyl (C=O) groups is 1. The normalized spacial score (nSPS) is 11.5. The fourth-order valence-electron chi connectivity index (χ4n) is 2.40. The van der Waals surface area contributed by atoms with E-state index < -0.39 is 16.0 Å². The molecule has 0 unspecified atom stereocenters. The first-order valence-corrected chi connectivity index (χ1v) is 9.14. The maximum Gasteiger partial charge on any atom is 0.338 e. The number of methoxy groups -OCH3 is 1. The van der Waals surface area contributed by atoms with Crippen molar-refractivity contribution in [3.05, 3.63) is 60.0 Å². The van der Waals surface area contributed by atoms with E-state index in [0.717, 1.165) is 5.65 Å². The summed E-state index contributed by atoms with van der Waals surface area (Å²) in [6, 6.07) is 9.64. The molecule has 0 aliphatic carbocycles. The monoisotopic (exact) mass is 375 g/mol. The Morgan fingerprint density at radius 2 is 2.08 bits per heavy atom. The van der Waals surface area contributed by atoms with Gasteiger partial charge in [-0.15, -0.1) is 0 Å². The summed E-state index contributed by atoms with van der Waals surface area (Å²) in [5.74, 6) is -0.520. The molecule has 0 saturated carbocycles. The van der Waals surface area contributed by atoms with Crippen LogP contribution in [0.2, 0.25) is 0 Å². The molecule has 0 spiro atoms. The van der Waals surface area contributed by atoms with Gasteiger partial charge in [0.15, 0.2) is 0 Å². The molecule has 0 saturated heterocycles. The van der Waals surface area contributed by atoms with Crippen LogP contribution >= 0.6 is 0 Å². The lowest BCUT2D eigenvalue weighted by atomic mass is 10.2. The van der Waals surface area contributed by atoms with Gasteiger partial charge in [-0.05, 0) is 37.4 Å². The van der Waals surface area contributed by atoms with Crippen molar-refractivity contribution < 1.29 is 22.7 Å². The summed E-state index contributed by atoms with van der Waals surface area (Å²) in [5, 5.41) is 0. The van der Waals surface area contributed by atoms with E-state index in [9.17, 15) is 13.2 Å². The van der Waals surface area contributed by atoms with Gasteiger partial charge in [0.2, 0.25) is 10.0 Å². The highest BCUT2D eigenvalue weighted by molar-refractivity contribution is 7.89. The Balaban J connectivity index is 1.80. The first-order chi connectivity index (χ1) is 12.4. The van der Waals surface area contributed by atoms with Gasteiger partial charge in [-0.3, -0.25) is 0 Å². The first-order valence-electron chi connectivity index (χ1n) is 7.66. The Hall–Kier alpha value is -2.91. The maximum atomic E-state index is 12.3. The zero-order valence-electron chi connectivity index (χ0n) is 14.2. The molecule has 1 N–H and O–H groups in total. The molecule has 26 heavy (non-hydrogen) atoms. The van der Waals surface area contributed by atoms with Gasteiger partial charge >= 0.3 is 5.97 Å². The van der Waals surface area contributed by atoms with Crippen LogP contribution < -0.4 is 9.46 Å². The predicted molar refractivity (Wildman–Crippen MR) is 93.6 cm³/mol. The van der Waals surface area contributed by atoms with Gasteiger partial charge in [-0.1, -0.05) is 6.07 Å². The number of carbonyl (C=O) groups excluding carboxylic acids is 1. The number of esters is 1. The van der Waals surface area contributed by atoms with Crippen molar-refractivity contribution in [3.63, 3.8) is 0 Å². The first kappa shape index (κ1) is 17.9. The maximum absolute atomic E-state index is 12.3. The van der Waals surface area contributed by atoms with Crippen molar-refractivity contribution in [1.82, 2.24) is 14.1 Å². The number of imidazole rings is 1. The number of hydrogen-bond donors (Lipinski definition) is 1. The molecule has 0 fully saturated rings. The molecule has 0 radical (unpaired) electrons. The molecule has 2 heterocycles. The number of ether oxygens (including phenoxy) is 2. The third-order valence-corrected chi connectivity index (χ3v) is 5.16. The highest BCUT2D eigenvalue weighted by atomic mass is 32.2. The third kappa shape index (κ3) is 3.53. The molecule has 8 nitrogen and oxygen atoms in total. The van der Waals surface area contributed by atoms with Crippen LogP contribution in [0.3, 0.4) is 0 Å². The fourth-order valence-corrected chi connectivity index (χ4v) is 3.32. The van der Waals surface area contributed by atoms with Crippen LogP contribution in [-0.2, 0) is 21.4 Å². The van der Waals surface area contributed by atoms with E-state index in [1.807, 2.05) is 28.8 Å². The highest BCUT2D eigenvalue weighted by Crippen LogP contribution is 2.25. The van der Waals surface area contributed by atoms with Gasteiger partial charge in [0.25, 0.3) is 0 Å². The Morgan fingerprint density at radius 1 is 1.27 bits per heavy atom. The van der Waals surface area contributed by atoms with Crippen LogP contribution in [0.1, 0.15) is 16.1 Å². The summed E-state index contributed by atoms with van der Waals surface area (Å²) in [6.07, 6.45) is 3.60. The molecule has 9 heteroatoms. The number of aromatic nitrogens is 2. The van der Waals surface area contributed by atoms with Crippen molar-refractivity contribution in [2.75, 3.05) is 14.2 Å². The molecule has 0 aliphatic heterocycles. The molecule has 136 valence electrons. The second kappa shape index (κ2) is 7.14. The van der Waals surface area contributed by atoms with Gasteiger partial charge < -0.3 is 13.9 Å². The molecule has 3 rings (SSSR count). The van der Waals surface area contributed by atoms with Crippen LogP contribution in [0.15, 0.2) is 53.7 Å². The quantitative estimate of drug-likeness (QED) is 0.657. The van der Waals surface area contributed by atoms with Crippen LogP contribution in [0.4, 0.5) is 0 Å². The molecule has 1 aromatic carbocycles. The van der Waals surface area contributed by atoms with Gasteiger partial charge in [0.05, 0.1) is 18.4 Å². The lowest BCUT2D eigenvalue weighted by molar-refractivity contribution is 0.0468. The number of rotatable bonds is 6. The summed E-state index contributed by atoms with van der Waals surface area (Å²) >= 11 is 0. The van der Waals surface area contributed by atoms with Crippen LogP contribution in [0, 0.1) is 0 Å². The smallest absolute Gasteiger partial charge is 0.338 e. The van der Waals surface area contributed by atoms with Crippen molar-refractivity contribution in [3.8, 4) is 5.75 Å². The van der Waals surface area contributed by atoms with E-state index in [1.165, 1.54) is 32.4 Å². The Labute approximate surface area is 150 Å². The number of nitrogens with zero attached hydrogens (tertiary/aromatic N) is 2. The van der Waals surface area contributed by atoms with Crippen LogP contribution in [-0.4, -0.2) is 37.9 Å². The summed E-state index contributed by atoms with van der Waals surface area (Å²) in [6.45, 7) is -0.0271. The predicted octanol–water partition coefficient (Wildman–Crippen LogP) is 1.61. The molecular weight excluding hydrogens is 358 g/mol. The zero-order chi connectivity index (χ0) is 18.7. The molecular formula is C17H17N3O5S. The van der Waals surface area contributed by atoms with Crippen molar-refractivity contribution in [1.29, 1.82) is 0 Å². The van der Waals surface area contributed by atoms with Crippen molar-refractivity contribution in [2.24, 2.45) is 0 Å². The third-order valence-electron chi connectivity index (χ3n) is 3.72. The van der Waals surface area contributed by atoms with Gasteiger partial charge in [-0.2, -0.15) is 0 Å². The molecule has 0 atom stereocenters. The number of hydrogen-bond acceptors (Lipinski definition) is 6.